The second-order valence-corrected chi connectivity index (χ2v) is 8.84. The topological polar surface area (TPSA) is 60.2 Å². The van der Waals surface area contributed by atoms with E-state index in [1.807, 2.05) is 31.0 Å². The van der Waals surface area contributed by atoms with Crippen LogP contribution in [0.5, 0.6) is 5.88 Å². The fourth-order valence-corrected chi connectivity index (χ4v) is 4.84. The Balaban J connectivity index is 1.55. The van der Waals surface area contributed by atoms with Crippen molar-refractivity contribution in [1.29, 1.82) is 0 Å². The third kappa shape index (κ3) is 3.71. The molecule has 0 bridgehead atoms. The fourth-order valence-electron chi connectivity index (χ4n) is 4.58. The molecule has 0 radical (unpaired) electrons. The Morgan fingerprint density at radius 2 is 2.00 bits per heavy atom. The maximum Gasteiger partial charge on any atom is 0.242 e. The second kappa shape index (κ2) is 8.38. The van der Waals surface area contributed by atoms with Gasteiger partial charge >= 0.3 is 0 Å². The summed E-state index contributed by atoms with van der Waals surface area (Å²) in [6, 6.07) is 8.49. The third-order valence-corrected chi connectivity index (χ3v) is 6.66. The van der Waals surface area contributed by atoms with Gasteiger partial charge in [-0.05, 0) is 61.9 Å². The molecule has 1 saturated heterocycles. The van der Waals surface area contributed by atoms with Gasteiger partial charge in [-0.2, -0.15) is 0 Å². The number of fused-ring (bicyclic) bond motifs is 1. The smallest absolute Gasteiger partial charge is 0.242 e. The molecular weight excluding hydrogens is 444 g/mol. The van der Waals surface area contributed by atoms with Crippen LogP contribution in [0.25, 0.3) is 11.0 Å². The van der Waals surface area contributed by atoms with Gasteiger partial charge in [-0.1, -0.05) is 28.1 Å². The molecule has 30 heavy (non-hydrogen) atoms. The third-order valence-electron chi connectivity index (χ3n) is 6.13. The van der Waals surface area contributed by atoms with Gasteiger partial charge in [-0.3, -0.25) is 4.79 Å². The number of halogens is 1. The number of carbonyl (C=O) groups is 1. The summed E-state index contributed by atoms with van der Waals surface area (Å²) in [4.78, 5) is 19.9. The van der Waals surface area contributed by atoms with E-state index in [2.05, 4.69) is 40.1 Å². The molecule has 1 aliphatic heterocycles. The zero-order chi connectivity index (χ0) is 21.4. The van der Waals surface area contributed by atoms with Gasteiger partial charge < -0.3 is 9.64 Å². The summed E-state index contributed by atoms with van der Waals surface area (Å²) in [5.41, 5.74) is 5.18. The molecule has 1 aliphatic rings. The predicted octanol–water partition coefficient (Wildman–Crippen LogP) is 4.65. The first kappa shape index (κ1) is 20.8. The Labute approximate surface area is 185 Å². The Morgan fingerprint density at radius 3 is 2.70 bits per heavy atom. The average Bonchev–Trinajstić information content (AvgIpc) is 3.33. The van der Waals surface area contributed by atoms with Crippen LogP contribution in [-0.2, 0) is 18.3 Å². The van der Waals surface area contributed by atoms with E-state index in [4.69, 9.17) is 9.72 Å². The van der Waals surface area contributed by atoms with E-state index >= 15 is 0 Å². The van der Waals surface area contributed by atoms with Crippen LogP contribution >= 0.6 is 15.9 Å². The van der Waals surface area contributed by atoms with Gasteiger partial charge in [0.05, 0.1) is 18.5 Å². The molecule has 1 aromatic carbocycles. The molecule has 7 heteroatoms. The quantitative estimate of drug-likeness (QED) is 0.544. The molecule has 3 heterocycles. The number of likely N-dealkylation sites (tertiary alicyclic amines) is 1. The summed E-state index contributed by atoms with van der Waals surface area (Å²) in [6.07, 6.45) is 3.21. The van der Waals surface area contributed by atoms with Gasteiger partial charge in [0.25, 0.3) is 0 Å². The van der Waals surface area contributed by atoms with Gasteiger partial charge in [0.2, 0.25) is 11.8 Å². The number of methoxy groups -OCH3 is 1. The standard InChI is InChI=1S/C23H27BrN4O2/c1-14-18(15(2)25-22-21(14)23(30-4)26-27(22)3)11-12-20(29)28-13-5-6-19(28)16-7-9-17(24)10-8-16/h7-10,19H,5-6,11-13H2,1-4H3. The number of amides is 1. The lowest BCUT2D eigenvalue weighted by Gasteiger charge is -2.25. The van der Waals surface area contributed by atoms with E-state index < -0.39 is 0 Å². The molecule has 0 aliphatic carbocycles. The first-order valence-corrected chi connectivity index (χ1v) is 11.1. The molecule has 0 spiro atoms. The van der Waals surface area contributed by atoms with Gasteiger partial charge in [0.15, 0.2) is 5.65 Å². The van der Waals surface area contributed by atoms with Crippen molar-refractivity contribution in [3.05, 3.63) is 51.1 Å². The van der Waals surface area contributed by atoms with Crippen LogP contribution in [0.4, 0.5) is 0 Å². The lowest BCUT2D eigenvalue weighted by Crippen LogP contribution is -2.30. The van der Waals surface area contributed by atoms with Gasteiger partial charge in [-0.15, -0.1) is 5.10 Å². The highest BCUT2D eigenvalue weighted by Crippen LogP contribution is 2.34. The second-order valence-electron chi connectivity index (χ2n) is 7.93. The fraction of sp³-hybridized carbons (Fsp3) is 0.435. The number of pyridine rings is 1. The summed E-state index contributed by atoms with van der Waals surface area (Å²) in [5, 5.41) is 5.35. The summed E-state index contributed by atoms with van der Waals surface area (Å²) in [7, 11) is 3.50. The van der Waals surface area contributed by atoms with E-state index in [1.165, 1.54) is 5.56 Å². The van der Waals surface area contributed by atoms with E-state index in [1.54, 1.807) is 11.8 Å². The molecule has 0 saturated carbocycles. The highest BCUT2D eigenvalue weighted by molar-refractivity contribution is 9.10. The SMILES string of the molecule is COc1nn(C)c2nc(C)c(CCC(=O)N3CCCC3c3ccc(Br)cc3)c(C)c12. The van der Waals surface area contributed by atoms with Crippen molar-refractivity contribution in [3.8, 4) is 5.88 Å². The normalized spacial score (nSPS) is 16.4. The summed E-state index contributed by atoms with van der Waals surface area (Å²) in [5.74, 6) is 0.789. The number of ether oxygens (including phenoxy) is 1. The minimum absolute atomic E-state index is 0.173. The van der Waals surface area contributed by atoms with Gasteiger partial charge in [0.1, 0.15) is 0 Å². The van der Waals surface area contributed by atoms with E-state index in [-0.39, 0.29) is 11.9 Å². The monoisotopic (exact) mass is 470 g/mol. The van der Waals surface area contributed by atoms with Gasteiger partial charge in [0, 0.05) is 30.2 Å². The Bertz CT molecular complexity index is 1090. The molecule has 1 fully saturated rings. The lowest BCUT2D eigenvalue weighted by molar-refractivity contribution is -0.132. The Kier molecular flexibility index (Phi) is 5.82. The van der Waals surface area contributed by atoms with Crippen molar-refractivity contribution in [2.24, 2.45) is 7.05 Å². The lowest BCUT2D eigenvalue weighted by atomic mass is 9.99. The van der Waals surface area contributed by atoms with Crippen LogP contribution in [-0.4, -0.2) is 39.2 Å². The molecule has 2 aromatic heterocycles. The number of rotatable bonds is 5. The highest BCUT2D eigenvalue weighted by atomic mass is 79.9. The number of nitrogens with zero attached hydrogens (tertiary/aromatic N) is 4. The number of aryl methyl sites for hydroxylation is 3. The van der Waals surface area contributed by atoms with Crippen molar-refractivity contribution in [2.75, 3.05) is 13.7 Å². The van der Waals surface area contributed by atoms with Crippen LogP contribution < -0.4 is 4.74 Å². The summed E-state index contributed by atoms with van der Waals surface area (Å²) < 4.78 is 8.26. The van der Waals surface area contributed by atoms with Crippen molar-refractivity contribution < 1.29 is 9.53 Å². The maximum atomic E-state index is 13.1. The van der Waals surface area contributed by atoms with Crippen LogP contribution in [0.15, 0.2) is 28.7 Å². The number of benzene rings is 1. The van der Waals surface area contributed by atoms with Crippen LogP contribution in [0, 0.1) is 13.8 Å². The Morgan fingerprint density at radius 1 is 1.27 bits per heavy atom. The molecule has 0 N–H and O–H groups in total. The van der Waals surface area contributed by atoms with Crippen molar-refractivity contribution in [1.82, 2.24) is 19.7 Å². The minimum Gasteiger partial charge on any atom is -0.479 e. The number of carbonyl (C=O) groups excluding carboxylic acids is 1. The first-order valence-electron chi connectivity index (χ1n) is 10.3. The number of hydrogen-bond donors (Lipinski definition) is 0. The molecule has 3 aromatic rings. The van der Waals surface area contributed by atoms with E-state index in [0.29, 0.717) is 18.7 Å². The zero-order valence-corrected chi connectivity index (χ0v) is 19.5. The van der Waals surface area contributed by atoms with Crippen molar-refractivity contribution in [3.63, 3.8) is 0 Å². The number of hydrogen-bond acceptors (Lipinski definition) is 4. The first-order chi connectivity index (χ1) is 14.4. The van der Waals surface area contributed by atoms with Gasteiger partial charge in [-0.25, -0.2) is 9.67 Å². The van der Waals surface area contributed by atoms with Crippen molar-refractivity contribution in [2.45, 2.75) is 45.6 Å². The van der Waals surface area contributed by atoms with Crippen molar-refractivity contribution >= 4 is 32.9 Å². The number of aromatic nitrogens is 3. The maximum absolute atomic E-state index is 13.1. The zero-order valence-electron chi connectivity index (χ0n) is 17.9. The van der Waals surface area contributed by atoms with Crippen LogP contribution in [0.3, 0.4) is 0 Å². The summed E-state index contributed by atoms with van der Waals surface area (Å²) >= 11 is 3.49. The molecule has 6 nitrogen and oxygen atoms in total. The van der Waals surface area contributed by atoms with E-state index in [0.717, 1.165) is 51.7 Å². The minimum atomic E-state index is 0.173. The largest absolute Gasteiger partial charge is 0.479 e. The van der Waals surface area contributed by atoms with Crippen LogP contribution in [0.2, 0.25) is 0 Å². The van der Waals surface area contributed by atoms with Crippen LogP contribution in [0.1, 0.15) is 47.7 Å². The molecular formula is C23H27BrN4O2. The summed E-state index contributed by atoms with van der Waals surface area (Å²) in [6.45, 7) is 4.90. The Hall–Kier alpha value is -2.41. The molecule has 1 amide bonds. The molecule has 4 rings (SSSR count). The molecule has 1 unspecified atom stereocenters. The van der Waals surface area contributed by atoms with E-state index in [9.17, 15) is 4.79 Å². The highest BCUT2D eigenvalue weighted by Gasteiger charge is 2.30. The molecule has 1 atom stereocenters. The average molecular weight is 471 g/mol. The predicted molar refractivity (Wildman–Crippen MR) is 121 cm³/mol. The molecule has 158 valence electrons.